The highest BCUT2D eigenvalue weighted by Gasteiger charge is 2.24. The molecule has 0 unspecified atom stereocenters. The molecule has 0 fully saturated rings. The Morgan fingerprint density at radius 2 is 1.68 bits per heavy atom. The summed E-state index contributed by atoms with van der Waals surface area (Å²) < 4.78 is 11.1. The molecule has 5 rings (SSSR count). The quantitative estimate of drug-likeness (QED) is 0.465. The van der Waals surface area contributed by atoms with Crippen LogP contribution in [0.2, 0.25) is 0 Å². The van der Waals surface area contributed by atoms with Gasteiger partial charge in [0.1, 0.15) is 17.0 Å². The van der Waals surface area contributed by atoms with Gasteiger partial charge in [0, 0.05) is 12.1 Å². The van der Waals surface area contributed by atoms with E-state index in [1.54, 1.807) is 6.92 Å². The van der Waals surface area contributed by atoms with Gasteiger partial charge in [0.15, 0.2) is 5.69 Å². The lowest BCUT2D eigenvalue weighted by atomic mass is 10.1. The van der Waals surface area contributed by atoms with E-state index in [1.807, 2.05) is 60.7 Å². The molecule has 0 bridgehead atoms. The van der Waals surface area contributed by atoms with Crippen LogP contribution in [0.25, 0.3) is 33.9 Å². The summed E-state index contributed by atoms with van der Waals surface area (Å²) in [5.74, 6) is -0.0702. The zero-order valence-electron chi connectivity index (χ0n) is 16.4. The van der Waals surface area contributed by atoms with Gasteiger partial charge >= 0.3 is 11.8 Å². The minimum absolute atomic E-state index is 0.0423. The van der Waals surface area contributed by atoms with Gasteiger partial charge < -0.3 is 14.3 Å². The molecular formula is C22H16N6O3. The summed E-state index contributed by atoms with van der Waals surface area (Å²) in [4.78, 5) is 21.3. The van der Waals surface area contributed by atoms with E-state index in [-0.39, 0.29) is 17.5 Å². The molecule has 3 heterocycles. The minimum atomic E-state index is -0.480. The first-order valence-corrected chi connectivity index (χ1v) is 9.54. The highest BCUT2D eigenvalue weighted by molar-refractivity contribution is 5.94. The number of benzene rings is 2. The normalized spacial score (nSPS) is 11.0. The van der Waals surface area contributed by atoms with Crippen molar-refractivity contribution in [2.45, 2.75) is 13.5 Å². The van der Waals surface area contributed by atoms with Crippen molar-refractivity contribution in [1.29, 1.82) is 0 Å². The summed E-state index contributed by atoms with van der Waals surface area (Å²) >= 11 is 0. The van der Waals surface area contributed by atoms with E-state index in [1.165, 1.54) is 0 Å². The van der Waals surface area contributed by atoms with Gasteiger partial charge in [0.25, 0.3) is 5.89 Å². The first kappa shape index (κ1) is 18.6. The van der Waals surface area contributed by atoms with E-state index in [0.717, 1.165) is 11.1 Å². The number of amides is 1. The van der Waals surface area contributed by atoms with Crippen molar-refractivity contribution in [3.05, 3.63) is 77.9 Å². The van der Waals surface area contributed by atoms with Crippen LogP contribution in [-0.4, -0.2) is 31.2 Å². The van der Waals surface area contributed by atoms with E-state index in [4.69, 9.17) is 8.94 Å². The predicted octanol–water partition coefficient (Wildman–Crippen LogP) is 3.57. The topological polar surface area (TPSA) is 120 Å². The van der Waals surface area contributed by atoms with Crippen molar-refractivity contribution in [2.24, 2.45) is 0 Å². The lowest BCUT2D eigenvalue weighted by molar-refractivity contribution is 0.0916. The number of hydrogen-bond donors (Lipinski definition) is 1. The standard InChI is InChI=1S/C22H16N6O3/c1-13-24-16(15-10-6-3-7-11-15)19-17(25-13)18(28-31-19)21-26-27-22(30-21)20(29)23-12-14-8-4-2-5-9-14/h2-11H,12H2,1H3,(H,23,29). The monoisotopic (exact) mass is 412 g/mol. The minimum Gasteiger partial charge on any atom is -0.410 e. The Hall–Kier alpha value is -4.40. The van der Waals surface area contributed by atoms with Crippen molar-refractivity contribution in [3.8, 4) is 22.8 Å². The van der Waals surface area contributed by atoms with Gasteiger partial charge in [-0.05, 0) is 12.5 Å². The van der Waals surface area contributed by atoms with Crippen LogP contribution in [0.15, 0.2) is 69.6 Å². The molecule has 152 valence electrons. The van der Waals surface area contributed by atoms with Crippen molar-refractivity contribution in [3.63, 3.8) is 0 Å². The number of nitrogens with zero attached hydrogens (tertiary/aromatic N) is 5. The molecule has 0 aliphatic rings. The Labute approximate surface area is 176 Å². The molecule has 5 aromatic rings. The van der Waals surface area contributed by atoms with E-state index >= 15 is 0 Å². The Balaban J connectivity index is 1.45. The summed E-state index contributed by atoms with van der Waals surface area (Å²) in [5.41, 5.74) is 3.53. The number of rotatable bonds is 5. The van der Waals surface area contributed by atoms with Crippen LogP contribution in [0.3, 0.4) is 0 Å². The number of aromatic nitrogens is 5. The Morgan fingerprint density at radius 1 is 0.935 bits per heavy atom. The Morgan fingerprint density at radius 3 is 2.45 bits per heavy atom. The predicted molar refractivity (Wildman–Crippen MR) is 111 cm³/mol. The van der Waals surface area contributed by atoms with Crippen LogP contribution in [0, 0.1) is 6.92 Å². The highest BCUT2D eigenvalue weighted by Crippen LogP contribution is 2.31. The second kappa shape index (κ2) is 7.79. The molecule has 0 saturated heterocycles. The van der Waals surface area contributed by atoms with Gasteiger partial charge in [-0.2, -0.15) is 0 Å². The number of aryl methyl sites for hydroxylation is 1. The van der Waals surface area contributed by atoms with Crippen molar-refractivity contribution >= 4 is 17.0 Å². The van der Waals surface area contributed by atoms with Gasteiger partial charge in [0.05, 0.1) is 0 Å². The van der Waals surface area contributed by atoms with Crippen LogP contribution in [0.1, 0.15) is 22.1 Å². The third-order valence-electron chi connectivity index (χ3n) is 4.59. The smallest absolute Gasteiger partial charge is 0.309 e. The molecule has 2 aromatic carbocycles. The molecule has 0 spiro atoms. The number of carbonyl (C=O) groups is 1. The van der Waals surface area contributed by atoms with Gasteiger partial charge in [-0.1, -0.05) is 65.8 Å². The molecule has 0 radical (unpaired) electrons. The summed E-state index contributed by atoms with van der Waals surface area (Å²) in [6.45, 7) is 2.12. The fourth-order valence-electron chi connectivity index (χ4n) is 3.14. The summed E-state index contributed by atoms with van der Waals surface area (Å²) in [7, 11) is 0. The first-order valence-electron chi connectivity index (χ1n) is 9.54. The van der Waals surface area contributed by atoms with Crippen molar-refractivity contribution in [1.82, 2.24) is 30.6 Å². The summed E-state index contributed by atoms with van der Waals surface area (Å²) in [5, 5.41) is 14.6. The Bertz CT molecular complexity index is 1360. The average Bonchev–Trinajstić information content (AvgIpc) is 3.45. The largest absolute Gasteiger partial charge is 0.410 e. The second-order valence-corrected chi connectivity index (χ2v) is 6.78. The van der Waals surface area contributed by atoms with E-state index in [9.17, 15) is 4.79 Å². The van der Waals surface area contributed by atoms with E-state index in [2.05, 4.69) is 30.6 Å². The zero-order valence-corrected chi connectivity index (χ0v) is 16.4. The molecule has 0 atom stereocenters. The lowest BCUT2D eigenvalue weighted by Crippen LogP contribution is -2.23. The first-order chi connectivity index (χ1) is 15.2. The molecular weight excluding hydrogens is 396 g/mol. The molecule has 31 heavy (non-hydrogen) atoms. The third-order valence-corrected chi connectivity index (χ3v) is 4.59. The third kappa shape index (κ3) is 3.64. The van der Waals surface area contributed by atoms with Crippen molar-refractivity contribution < 1.29 is 13.7 Å². The van der Waals surface area contributed by atoms with Crippen LogP contribution in [-0.2, 0) is 6.54 Å². The number of fused-ring (bicyclic) bond motifs is 1. The summed E-state index contributed by atoms with van der Waals surface area (Å²) in [6, 6.07) is 19.1. The van der Waals surface area contributed by atoms with Crippen LogP contribution >= 0.6 is 0 Å². The van der Waals surface area contributed by atoms with Crippen molar-refractivity contribution in [2.75, 3.05) is 0 Å². The van der Waals surface area contributed by atoms with E-state index < -0.39 is 5.91 Å². The number of hydrogen-bond acceptors (Lipinski definition) is 8. The van der Waals surface area contributed by atoms with Crippen LogP contribution in [0.5, 0.6) is 0 Å². The van der Waals surface area contributed by atoms with Gasteiger partial charge in [-0.3, -0.25) is 4.79 Å². The Kier molecular flexibility index (Phi) is 4.68. The molecule has 3 aromatic heterocycles. The molecule has 0 aliphatic carbocycles. The van der Waals surface area contributed by atoms with Crippen LogP contribution < -0.4 is 5.32 Å². The van der Waals surface area contributed by atoms with Gasteiger partial charge in [-0.15, -0.1) is 10.2 Å². The fourth-order valence-corrected chi connectivity index (χ4v) is 3.14. The molecule has 1 N–H and O–H groups in total. The maximum Gasteiger partial charge on any atom is 0.309 e. The molecule has 9 nitrogen and oxygen atoms in total. The second-order valence-electron chi connectivity index (χ2n) is 6.78. The lowest BCUT2D eigenvalue weighted by Gasteiger charge is -2.02. The molecule has 0 saturated carbocycles. The van der Waals surface area contributed by atoms with Gasteiger partial charge in [0.2, 0.25) is 5.58 Å². The maximum atomic E-state index is 12.4. The highest BCUT2D eigenvalue weighted by atomic mass is 16.5. The fraction of sp³-hybridized carbons (Fsp3) is 0.0909. The SMILES string of the molecule is Cc1nc(-c2ccccc2)c2onc(-c3nnc(C(=O)NCc4ccccc4)o3)c2n1. The molecule has 9 heteroatoms. The van der Waals surface area contributed by atoms with E-state index in [0.29, 0.717) is 29.2 Å². The number of carbonyl (C=O) groups excluding carboxylic acids is 1. The maximum absolute atomic E-state index is 12.4. The number of nitrogens with one attached hydrogen (secondary N) is 1. The summed E-state index contributed by atoms with van der Waals surface area (Å²) in [6.07, 6.45) is 0. The zero-order chi connectivity index (χ0) is 21.2. The molecule has 1 amide bonds. The van der Waals surface area contributed by atoms with Crippen LogP contribution in [0.4, 0.5) is 0 Å². The average molecular weight is 412 g/mol. The molecule has 0 aliphatic heterocycles. The van der Waals surface area contributed by atoms with Gasteiger partial charge in [-0.25, -0.2) is 9.97 Å².